The first kappa shape index (κ1) is 15.0. The Bertz CT molecular complexity index is 620. The van der Waals surface area contributed by atoms with E-state index >= 15 is 0 Å². The molecule has 22 heavy (non-hydrogen) atoms. The molecule has 0 amide bonds. The summed E-state index contributed by atoms with van der Waals surface area (Å²) in [7, 11) is 0. The maximum Gasteiger partial charge on any atom is 0.336 e. The summed E-state index contributed by atoms with van der Waals surface area (Å²) in [5, 5.41) is 7.89. The number of nitrogens with zero attached hydrogens (tertiary/aromatic N) is 4. The molecule has 2 aromatic heterocycles. The van der Waals surface area contributed by atoms with Crippen LogP contribution >= 0.6 is 0 Å². The number of hydrogen-bond donors (Lipinski definition) is 2. The largest absolute Gasteiger partial charge is 0.462 e. The lowest BCUT2D eigenvalue weighted by Crippen LogP contribution is -2.31. The molecule has 2 aromatic rings. The smallest absolute Gasteiger partial charge is 0.336 e. The average molecular weight is 304 g/mol. The van der Waals surface area contributed by atoms with Crippen LogP contribution in [-0.2, 0) is 6.42 Å². The average Bonchev–Trinajstić information content (AvgIpc) is 2.92. The molecule has 3 rings (SSSR count). The standard InChI is InChI=1S/C15H24N6O/c1-2-3-7-22-15-19-13(16)14-18-10-12(21(14)20-15)8-11-5-4-6-17-9-11/h10-11,17H,2-9H2,1H3,(H2,16,19,20). The molecule has 1 unspecified atom stereocenters. The van der Waals surface area contributed by atoms with E-state index in [4.69, 9.17) is 10.5 Å². The van der Waals surface area contributed by atoms with Crippen LogP contribution in [0.2, 0.25) is 0 Å². The Balaban J connectivity index is 1.80. The third-order valence-electron chi connectivity index (χ3n) is 4.07. The Hall–Kier alpha value is -1.89. The van der Waals surface area contributed by atoms with Gasteiger partial charge in [0.1, 0.15) is 0 Å². The number of nitrogens with two attached hydrogens (primary N) is 1. The summed E-state index contributed by atoms with van der Waals surface area (Å²) in [6.07, 6.45) is 7.31. The van der Waals surface area contributed by atoms with E-state index in [1.165, 1.54) is 12.8 Å². The van der Waals surface area contributed by atoms with Crippen LogP contribution in [0.4, 0.5) is 5.82 Å². The molecule has 1 aliphatic rings. The van der Waals surface area contributed by atoms with E-state index < -0.39 is 0 Å². The maximum atomic E-state index is 5.98. The predicted molar refractivity (Wildman–Crippen MR) is 84.9 cm³/mol. The quantitative estimate of drug-likeness (QED) is 0.785. The van der Waals surface area contributed by atoms with Gasteiger partial charge in [-0.15, -0.1) is 5.10 Å². The molecule has 3 N–H and O–H groups in total. The van der Waals surface area contributed by atoms with Crippen LogP contribution in [0, 0.1) is 5.92 Å². The summed E-state index contributed by atoms with van der Waals surface area (Å²) >= 11 is 0. The molecule has 3 heterocycles. The molecule has 0 bridgehead atoms. The van der Waals surface area contributed by atoms with Gasteiger partial charge in [-0.3, -0.25) is 0 Å². The monoisotopic (exact) mass is 304 g/mol. The van der Waals surface area contributed by atoms with Crippen LogP contribution in [0.1, 0.15) is 38.3 Å². The second-order valence-corrected chi connectivity index (χ2v) is 5.88. The number of piperidine rings is 1. The van der Waals surface area contributed by atoms with Gasteiger partial charge in [-0.25, -0.2) is 9.50 Å². The number of imidazole rings is 1. The van der Waals surface area contributed by atoms with Gasteiger partial charge in [0.05, 0.1) is 18.5 Å². The highest BCUT2D eigenvalue weighted by molar-refractivity contribution is 5.59. The van der Waals surface area contributed by atoms with Gasteiger partial charge in [0, 0.05) is 0 Å². The van der Waals surface area contributed by atoms with Gasteiger partial charge in [0.15, 0.2) is 11.5 Å². The Labute approximate surface area is 130 Å². The zero-order chi connectivity index (χ0) is 15.4. The molecule has 0 saturated carbocycles. The van der Waals surface area contributed by atoms with E-state index in [1.807, 2.05) is 6.20 Å². The summed E-state index contributed by atoms with van der Waals surface area (Å²) in [5.41, 5.74) is 7.66. The number of hydrogen-bond acceptors (Lipinski definition) is 6. The number of ether oxygens (including phenoxy) is 1. The van der Waals surface area contributed by atoms with Gasteiger partial charge in [0.25, 0.3) is 0 Å². The predicted octanol–water partition coefficient (Wildman–Crippen LogP) is 1.43. The Morgan fingerprint density at radius 3 is 3.18 bits per heavy atom. The summed E-state index contributed by atoms with van der Waals surface area (Å²) in [4.78, 5) is 8.54. The number of nitrogen functional groups attached to an aromatic ring is 1. The van der Waals surface area contributed by atoms with Crippen LogP contribution in [0.3, 0.4) is 0 Å². The van der Waals surface area contributed by atoms with Crippen LogP contribution < -0.4 is 15.8 Å². The highest BCUT2D eigenvalue weighted by atomic mass is 16.5. The Kier molecular flexibility index (Phi) is 4.72. The van der Waals surface area contributed by atoms with E-state index in [9.17, 15) is 0 Å². The highest BCUT2D eigenvalue weighted by Gasteiger charge is 2.18. The molecule has 1 saturated heterocycles. The lowest BCUT2D eigenvalue weighted by Gasteiger charge is -2.22. The summed E-state index contributed by atoms with van der Waals surface area (Å²) in [5.74, 6) is 0.990. The molecule has 7 heteroatoms. The molecule has 1 aliphatic heterocycles. The Morgan fingerprint density at radius 1 is 1.50 bits per heavy atom. The number of rotatable bonds is 6. The Morgan fingerprint density at radius 2 is 2.41 bits per heavy atom. The van der Waals surface area contributed by atoms with E-state index in [-0.39, 0.29) is 0 Å². The van der Waals surface area contributed by atoms with Crippen LogP contribution in [-0.4, -0.2) is 39.3 Å². The van der Waals surface area contributed by atoms with Crippen molar-refractivity contribution in [1.82, 2.24) is 24.9 Å². The second-order valence-electron chi connectivity index (χ2n) is 5.88. The summed E-state index contributed by atoms with van der Waals surface area (Å²) < 4.78 is 7.38. The minimum atomic E-state index is 0.333. The fourth-order valence-corrected chi connectivity index (χ4v) is 2.83. The highest BCUT2D eigenvalue weighted by Crippen LogP contribution is 2.20. The van der Waals surface area contributed by atoms with E-state index in [0.29, 0.717) is 30.0 Å². The SMILES string of the molecule is CCCCOc1nc(N)c2ncc(CC3CCCNC3)n2n1. The van der Waals surface area contributed by atoms with Crippen molar-refractivity contribution in [3.05, 3.63) is 11.9 Å². The zero-order valence-corrected chi connectivity index (χ0v) is 13.1. The van der Waals surface area contributed by atoms with Gasteiger partial charge < -0.3 is 15.8 Å². The van der Waals surface area contributed by atoms with Crippen molar-refractivity contribution in [3.63, 3.8) is 0 Å². The molecular formula is C15H24N6O. The van der Waals surface area contributed by atoms with Gasteiger partial charge in [-0.2, -0.15) is 4.98 Å². The molecule has 1 fully saturated rings. The fourth-order valence-electron chi connectivity index (χ4n) is 2.83. The number of aromatic nitrogens is 4. The summed E-state index contributed by atoms with van der Waals surface area (Å²) in [6, 6.07) is 0.333. The third kappa shape index (κ3) is 3.30. The molecule has 120 valence electrons. The number of anilines is 1. The minimum absolute atomic E-state index is 0.333. The van der Waals surface area contributed by atoms with Crippen molar-refractivity contribution < 1.29 is 4.74 Å². The van der Waals surface area contributed by atoms with Crippen molar-refractivity contribution in [3.8, 4) is 6.01 Å². The van der Waals surface area contributed by atoms with Crippen LogP contribution in [0.15, 0.2) is 6.20 Å². The van der Waals surface area contributed by atoms with Gasteiger partial charge in [-0.05, 0) is 44.7 Å². The van der Waals surface area contributed by atoms with Gasteiger partial charge >= 0.3 is 6.01 Å². The molecule has 0 radical (unpaired) electrons. The van der Waals surface area contributed by atoms with Crippen molar-refractivity contribution in [2.24, 2.45) is 5.92 Å². The lowest BCUT2D eigenvalue weighted by atomic mass is 9.95. The number of unbranched alkanes of at least 4 members (excludes halogenated alkanes) is 1. The van der Waals surface area contributed by atoms with Gasteiger partial charge in [0.2, 0.25) is 0 Å². The molecule has 0 aromatic carbocycles. The zero-order valence-electron chi connectivity index (χ0n) is 13.1. The first-order valence-corrected chi connectivity index (χ1v) is 8.11. The second kappa shape index (κ2) is 6.91. The van der Waals surface area contributed by atoms with Crippen molar-refractivity contribution in [1.29, 1.82) is 0 Å². The minimum Gasteiger partial charge on any atom is -0.462 e. The van der Waals surface area contributed by atoms with E-state index in [0.717, 1.165) is 38.0 Å². The van der Waals surface area contributed by atoms with Gasteiger partial charge in [-0.1, -0.05) is 13.3 Å². The van der Waals surface area contributed by atoms with E-state index in [1.54, 1.807) is 4.52 Å². The van der Waals surface area contributed by atoms with Crippen LogP contribution in [0.5, 0.6) is 6.01 Å². The number of nitrogens with one attached hydrogen (secondary N) is 1. The van der Waals surface area contributed by atoms with E-state index in [2.05, 4.69) is 27.3 Å². The van der Waals surface area contributed by atoms with Crippen molar-refractivity contribution in [2.45, 2.75) is 39.0 Å². The van der Waals surface area contributed by atoms with Crippen LogP contribution in [0.25, 0.3) is 5.65 Å². The lowest BCUT2D eigenvalue weighted by molar-refractivity contribution is 0.280. The normalized spacial score (nSPS) is 18.7. The fraction of sp³-hybridized carbons (Fsp3) is 0.667. The molecule has 7 nitrogen and oxygen atoms in total. The molecule has 0 spiro atoms. The molecule has 0 aliphatic carbocycles. The number of fused-ring (bicyclic) bond motifs is 1. The topological polar surface area (TPSA) is 90.4 Å². The molecular weight excluding hydrogens is 280 g/mol. The summed E-state index contributed by atoms with van der Waals surface area (Å²) in [6.45, 7) is 4.90. The maximum absolute atomic E-state index is 5.98. The first-order valence-electron chi connectivity index (χ1n) is 8.11. The molecule has 1 atom stereocenters. The van der Waals surface area contributed by atoms with Crippen molar-refractivity contribution >= 4 is 11.5 Å². The van der Waals surface area contributed by atoms with Crippen molar-refractivity contribution in [2.75, 3.05) is 25.4 Å². The third-order valence-corrected chi connectivity index (χ3v) is 4.07. The first-order chi connectivity index (χ1) is 10.8.